The average Bonchev–Trinajstić information content (AvgIpc) is 2.38. The summed E-state index contributed by atoms with van der Waals surface area (Å²) in [6, 6.07) is 1.20. The van der Waals surface area contributed by atoms with Gasteiger partial charge in [0.05, 0.1) is 0 Å². The number of aromatic nitrogens is 1. The number of oxime groups is 1. The Bertz CT molecular complexity index is 522. The molecule has 0 saturated carbocycles. The minimum absolute atomic E-state index is 0.0421. The van der Waals surface area contributed by atoms with Crippen molar-refractivity contribution in [3.05, 3.63) is 34.2 Å². The Balaban J connectivity index is 2.91. The van der Waals surface area contributed by atoms with Gasteiger partial charge in [-0.25, -0.2) is 0 Å². The van der Waals surface area contributed by atoms with Gasteiger partial charge in [0.1, 0.15) is 11.4 Å². The van der Waals surface area contributed by atoms with Crippen molar-refractivity contribution < 1.29 is 10.0 Å². The van der Waals surface area contributed by atoms with E-state index >= 15 is 0 Å². The Morgan fingerprint density at radius 1 is 1.58 bits per heavy atom. The lowest BCUT2D eigenvalue weighted by Crippen LogP contribution is -2.41. The lowest BCUT2D eigenvalue weighted by Gasteiger charge is -2.26. The second-order valence-corrected chi connectivity index (χ2v) is 4.36. The third-order valence-corrected chi connectivity index (χ3v) is 2.68. The third kappa shape index (κ3) is 3.84. The minimum atomic E-state index is -0.373. The maximum Gasteiger partial charge on any atom is 0.259 e. The van der Waals surface area contributed by atoms with Gasteiger partial charge in [-0.3, -0.25) is 9.59 Å². The zero-order chi connectivity index (χ0) is 14.4. The number of carbonyl (C=O) groups is 1. The highest BCUT2D eigenvalue weighted by Gasteiger charge is 2.20. The normalized spacial score (nSPS) is 11.6. The highest BCUT2D eigenvalue weighted by atomic mass is 16.4. The predicted molar refractivity (Wildman–Crippen MR) is 71.3 cm³/mol. The van der Waals surface area contributed by atoms with Crippen molar-refractivity contribution in [2.45, 2.75) is 26.3 Å². The van der Waals surface area contributed by atoms with Crippen LogP contribution in [0.1, 0.15) is 30.6 Å². The smallest absolute Gasteiger partial charge is 0.259 e. The molecular formula is C12H18N4O3. The van der Waals surface area contributed by atoms with Crippen LogP contribution in [0.25, 0.3) is 0 Å². The molecule has 0 saturated heterocycles. The molecule has 1 rings (SSSR count). The Labute approximate surface area is 110 Å². The molecule has 104 valence electrons. The van der Waals surface area contributed by atoms with Crippen molar-refractivity contribution in [2.24, 2.45) is 10.9 Å². The molecule has 0 aliphatic heterocycles. The van der Waals surface area contributed by atoms with E-state index < -0.39 is 0 Å². The molecule has 0 aliphatic carbocycles. The summed E-state index contributed by atoms with van der Waals surface area (Å²) in [5.74, 6) is -0.331. The molecule has 0 bridgehead atoms. The summed E-state index contributed by atoms with van der Waals surface area (Å²) in [7, 11) is 0. The van der Waals surface area contributed by atoms with Crippen molar-refractivity contribution in [3.63, 3.8) is 0 Å². The number of nitrogens with one attached hydrogen (secondary N) is 1. The van der Waals surface area contributed by atoms with Crippen molar-refractivity contribution in [3.8, 4) is 0 Å². The lowest BCUT2D eigenvalue weighted by atomic mass is 10.2. The Morgan fingerprint density at radius 2 is 2.26 bits per heavy atom. The second kappa shape index (κ2) is 6.58. The zero-order valence-electron chi connectivity index (χ0n) is 11.0. The summed E-state index contributed by atoms with van der Waals surface area (Å²) in [5.41, 5.74) is 5.13. The fourth-order valence-electron chi connectivity index (χ4n) is 1.62. The third-order valence-electron chi connectivity index (χ3n) is 2.68. The van der Waals surface area contributed by atoms with Gasteiger partial charge in [-0.05, 0) is 13.8 Å². The van der Waals surface area contributed by atoms with Gasteiger partial charge in [0.2, 0.25) is 0 Å². The van der Waals surface area contributed by atoms with Crippen molar-refractivity contribution in [1.29, 1.82) is 0 Å². The first-order valence-corrected chi connectivity index (χ1v) is 5.91. The number of pyridine rings is 1. The monoisotopic (exact) mass is 266 g/mol. The molecule has 0 radical (unpaired) electrons. The molecule has 0 aliphatic rings. The topological polar surface area (TPSA) is 112 Å². The summed E-state index contributed by atoms with van der Waals surface area (Å²) in [5, 5.41) is 11.3. The SMILES string of the molecule is CC(C)N(CC/C(N)=N/O)C(=O)c1c[nH]ccc1=O. The van der Waals surface area contributed by atoms with E-state index in [0.29, 0.717) is 0 Å². The van der Waals surface area contributed by atoms with Crippen LogP contribution in [-0.2, 0) is 0 Å². The highest BCUT2D eigenvalue weighted by molar-refractivity contribution is 5.94. The molecule has 0 atom stereocenters. The summed E-state index contributed by atoms with van der Waals surface area (Å²) in [6.45, 7) is 3.95. The Hall–Kier alpha value is -2.31. The molecule has 1 aromatic heterocycles. The zero-order valence-corrected chi connectivity index (χ0v) is 11.0. The van der Waals surface area contributed by atoms with E-state index in [1.807, 2.05) is 13.8 Å². The highest BCUT2D eigenvalue weighted by Crippen LogP contribution is 2.05. The first-order chi connectivity index (χ1) is 8.97. The first kappa shape index (κ1) is 14.7. The molecule has 1 heterocycles. The van der Waals surface area contributed by atoms with Crippen LogP contribution in [0.4, 0.5) is 0 Å². The molecule has 0 aromatic carbocycles. The van der Waals surface area contributed by atoms with Crippen LogP contribution in [0.5, 0.6) is 0 Å². The van der Waals surface area contributed by atoms with E-state index in [1.54, 1.807) is 0 Å². The van der Waals surface area contributed by atoms with E-state index in [4.69, 9.17) is 10.9 Å². The van der Waals surface area contributed by atoms with Crippen LogP contribution in [-0.4, -0.2) is 39.4 Å². The van der Waals surface area contributed by atoms with E-state index in [0.717, 1.165) is 0 Å². The second-order valence-electron chi connectivity index (χ2n) is 4.36. The van der Waals surface area contributed by atoms with E-state index in [2.05, 4.69) is 10.1 Å². The first-order valence-electron chi connectivity index (χ1n) is 5.91. The minimum Gasteiger partial charge on any atom is -0.409 e. The number of hydrogen-bond donors (Lipinski definition) is 3. The van der Waals surface area contributed by atoms with Gasteiger partial charge in [0, 0.05) is 37.5 Å². The maximum atomic E-state index is 12.3. The largest absolute Gasteiger partial charge is 0.409 e. The molecule has 1 aromatic rings. The number of amides is 1. The van der Waals surface area contributed by atoms with E-state index in [1.165, 1.54) is 23.4 Å². The number of aromatic amines is 1. The number of H-pyrrole nitrogens is 1. The molecule has 19 heavy (non-hydrogen) atoms. The summed E-state index contributed by atoms with van der Waals surface area (Å²) >= 11 is 0. The van der Waals surface area contributed by atoms with Gasteiger partial charge in [-0.2, -0.15) is 0 Å². The quantitative estimate of drug-likeness (QED) is 0.309. The van der Waals surface area contributed by atoms with Crippen LogP contribution in [0.3, 0.4) is 0 Å². The standard InChI is InChI=1S/C12H18N4O3/c1-8(2)16(6-4-11(13)15-19)12(18)9-7-14-5-3-10(9)17/h3,5,7-8,19H,4,6H2,1-2H3,(H2,13,15)(H,14,17). The molecule has 0 spiro atoms. The molecular weight excluding hydrogens is 248 g/mol. The number of nitrogens with zero attached hydrogens (tertiary/aromatic N) is 2. The number of hydrogen-bond acceptors (Lipinski definition) is 4. The maximum absolute atomic E-state index is 12.3. The molecule has 0 fully saturated rings. The van der Waals surface area contributed by atoms with Crippen LogP contribution < -0.4 is 11.2 Å². The number of amidine groups is 1. The fraction of sp³-hybridized carbons (Fsp3) is 0.417. The van der Waals surface area contributed by atoms with Crippen molar-refractivity contribution in [2.75, 3.05) is 6.54 Å². The Kier molecular flexibility index (Phi) is 5.11. The molecule has 0 unspecified atom stereocenters. The van der Waals surface area contributed by atoms with Gasteiger partial charge >= 0.3 is 0 Å². The Morgan fingerprint density at radius 3 is 2.79 bits per heavy atom. The van der Waals surface area contributed by atoms with E-state index in [-0.39, 0.29) is 41.7 Å². The van der Waals surface area contributed by atoms with Gasteiger partial charge in [-0.1, -0.05) is 5.16 Å². The molecule has 7 nitrogen and oxygen atoms in total. The lowest BCUT2D eigenvalue weighted by molar-refractivity contribution is 0.0709. The van der Waals surface area contributed by atoms with Crippen molar-refractivity contribution >= 4 is 11.7 Å². The van der Waals surface area contributed by atoms with Gasteiger partial charge in [0.15, 0.2) is 5.43 Å². The molecule has 4 N–H and O–H groups in total. The fourth-order valence-corrected chi connectivity index (χ4v) is 1.62. The van der Waals surface area contributed by atoms with E-state index in [9.17, 15) is 9.59 Å². The van der Waals surface area contributed by atoms with Crippen molar-refractivity contribution in [1.82, 2.24) is 9.88 Å². The van der Waals surface area contributed by atoms with Gasteiger partial charge in [-0.15, -0.1) is 0 Å². The number of rotatable bonds is 5. The molecule has 1 amide bonds. The summed E-state index contributed by atoms with van der Waals surface area (Å²) < 4.78 is 0. The number of nitrogens with two attached hydrogens (primary N) is 1. The van der Waals surface area contributed by atoms with Crippen LogP contribution in [0.2, 0.25) is 0 Å². The van der Waals surface area contributed by atoms with Crippen LogP contribution >= 0.6 is 0 Å². The van der Waals surface area contributed by atoms with Gasteiger partial charge in [0.25, 0.3) is 5.91 Å². The van der Waals surface area contributed by atoms with Gasteiger partial charge < -0.3 is 20.8 Å². The average molecular weight is 266 g/mol. The number of carbonyl (C=O) groups excluding carboxylic acids is 1. The van der Waals surface area contributed by atoms with Crippen LogP contribution in [0.15, 0.2) is 28.4 Å². The van der Waals surface area contributed by atoms with Crippen LogP contribution in [0, 0.1) is 0 Å². The summed E-state index contributed by atoms with van der Waals surface area (Å²) in [4.78, 5) is 28.1. The molecule has 7 heteroatoms. The summed E-state index contributed by atoms with van der Waals surface area (Å²) in [6.07, 6.45) is 3.09. The predicted octanol–water partition coefficient (Wildman–Crippen LogP) is 0.362.